The lowest BCUT2D eigenvalue weighted by Gasteiger charge is -2.16. The number of hydrogen-bond acceptors (Lipinski definition) is 5. The molecule has 0 spiro atoms. The van der Waals surface area contributed by atoms with Crippen LogP contribution in [0.5, 0.6) is 5.75 Å². The Morgan fingerprint density at radius 1 is 1.48 bits per heavy atom. The van der Waals surface area contributed by atoms with Gasteiger partial charge in [0.2, 0.25) is 0 Å². The molecule has 7 heteroatoms. The smallest absolute Gasteiger partial charge is 0.333 e. The fourth-order valence-electron chi connectivity index (χ4n) is 1.95. The highest BCUT2D eigenvalue weighted by Gasteiger charge is 2.25. The van der Waals surface area contributed by atoms with Crippen LogP contribution in [0, 0.1) is 10.1 Å². The maximum absolute atomic E-state index is 11.2. The Balaban J connectivity index is 3.07. The highest BCUT2D eigenvalue weighted by molar-refractivity contribution is 5.80. The van der Waals surface area contributed by atoms with Gasteiger partial charge in [0.15, 0.2) is 5.75 Å². The molecule has 0 heterocycles. The van der Waals surface area contributed by atoms with E-state index in [2.05, 4.69) is 5.32 Å². The summed E-state index contributed by atoms with van der Waals surface area (Å²) in [5.74, 6) is -0.897. The average Bonchev–Trinajstić information content (AvgIpc) is 2.43. The lowest BCUT2D eigenvalue weighted by atomic mass is 10.1. The molecular formula is C14H20N2O5. The molecule has 7 nitrogen and oxygen atoms in total. The largest absolute Gasteiger partial charge is 0.487 e. The first-order valence-electron chi connectivity index (χ1n) is 6.90. The van der Waals surface area contributed by atoms with Crippen molar-refractivity contribution < 1.29 is 19.6 Å². The van der Waals surface area contributed by atoms with Crippen molar-refractivity contribution in [3.05, 3.63) is 28.3 Å². The van der Waals surface area contributed by atoms with E-state index >= 15 is 0 Å². The number of carboxylic acid groups (broad SMARTS) is 1. The number of aliphatic carboxylic acids is 1. The first kappa shape index (κ1) is 16.7. The van der Waals surface area contributed by atoms with E-state index in [1.165, 1.54) is 12.1 Å². The van der Waals surface area contributed by atoms with Gasteiger partial charge in [-0.05, 0) is 25.5 Å². The van der Waals surface area contributed by atoms with Crippen molar-refractivity contribution in [1.82, 2.24) is 0 Å². The van der Waals surface area contributed by atoms with Crippen molar-refractivity contribution in [3.8, 4) is 5.75 Å². The lowest BCUT2D eigenvalue weighted by molar-refractivity contribution is -0.384. The number of unbranched alkanes of at least 4 members (excludes halogenated alkanes) is 1. The average molecular weight is 296 g/mol. The van der Waals surface area contributed by atoms with Crippen LogP contribution in [0.25, 0.3) is 0 Å². The van der Waals surface area contributed by atoms with Crippen LogP contribution in [-0.4, -0.2) is 28.6 Å². The second-order valence-electron chi connectivity index (χ2n) is 4.52. The molecule has 0 aliphatic rings. The number of nitrogens with one attached hydrogen (secondary N) is 1. The minimum Gasteiger partial charge on any atom is -0.487 e. The number of hydrogen-bond donors (Lipinski definition) is 2. The molecule has 0 saturated carbocycles. The Labute approximate surface area is 123 Å². The van der Waals surface area contributed by atoms with Crippen LogP contribution >= 0.6 is 0 Å². The quantitative estimate of drug-likeness (QED) is 0.536. The standard InChI is InChI=1S/C14H20N2O5/c1-3-5-7-11(14(17)18)15-10-8-6-9-12(21-4-2)13(10)16(19)20/h6,8-9,11,15H,3-5,7H2,1-2H3,(H,17,18). The fraction of sp³-hybridized carbons (Fsp3) is 0.500. The van der Waals surface area contributed by atoms with Gasteiger partial charge in [-0.15, -0.1) is 0 Å². The molecule has 1 aromatic carbocycles. The molecule has 2 N–H and O–H groups in total. The fourth-order valence-corrected chi connectivity index (χ4v) is 1.95. The summed E-state index contributed by atoms with van der Waals surface area (Å²) in [6, 6.07) is 3.72. The third-order valence-corrected chi connectivity index (χ3v) is 2.96. The van der Waals surface area contributed by atoms with Gasteiger partial charge in [-0.1, -0.05) is 25.8 Å². The van der Waals surface area contributed by atoms with Crippen molar-refractivity contribution in [1.29, 1.82) is 0 Å². The van der Waals surface area contributed by atoms with Crippen LogP contribution < -0.4 is 10.1 Å². The number of para-hydroxylation sites is 1. The SMILES string of the molecule is CCCCC(Nc1cccc(OCC)c1[N+](=O)[O-])C(=O)O. The summed E-state index contributed by atoms with van der Waals surface area (Å²) in [7, 11) is 0. The Kier molecular flexibility index (Phi) is 6.45. The normalized spacial score (nSPS) is 11.7. The van der Waals surface area contributed by atoms with Crippen molar-refractivity contribution in [2.24, 2.45) is 0 Å². The van der Waals surface area contributed by atoms with E-state index in [1.54, 1.807) is 13.0 Å². The van der Waals surface area contributed by atoms with E-state index in [-0.39, 0.29) is 17.1 Å². The first-order valence-corrected chi connectivity index (χ1v) is 6.90. The van der Waals surface area contributed by atoms with Gasteiger partial charge >= 0.3 is 11.7 Å². The Morgan fingerprint density at radius 3 is 2.71 bits per heavy atom. The summed E-state index contributed by atoms with van der Waals surface area (Å²) in [5, 5.41) is 23.2. The third kappa shape index (κ3) is 4.62. The van der Waals surface area contributed by atoms with Gasteiger partial charge in [0, 0.05) is 0 Å². The molecule has 0 bridgehead atoms. The van der Waals surface area contributed by atoms with Gasteiger partial charge < -0.3 is 15.2 Å². The van der Waals surface area contributed by atoms with E-state index in [0.29, 0.717) is 13.0 Å². The van der Waals surface area contributed by atoms with Crippen LogP contribution in [0.1, 0.15) is 33.1 Å². The number of carboxylic acids is 1. The Bertz CT molecular complexity index is 504. The summed E-state index contributed by atoms with van der Waals surface area (Å²) >= 11 is 0. The topological polar surface area (TPSA) is 102 Å². The first-order chi connectivity index (χ1) is 10.0. The van der Waals surface area contributed by atoms with E-state index in [9.17, 15) is 20.0 Å². The molecule has 0 aromatic heterocycles. The summed E-state index contributed by atoms with van der Waals surface area (Å²) in [6.45, 7) is 3.98. The molecule has 0 aliphatic heterocycles. The van der Waals surface area contributed by atoms with Crippen molar-refractivity contribution in [2.45, 2.75) is 39.2 Å². The predicted octanol–water partition coefficient (Wildman–Crippen LogP) is 3.05. The molecule has 0 radical (unpaired) electrons. The third-order valence-electron chi connectivity index (χ3n) is 2.96. The maximum Gasteiger partial charge on any atom is 0.333 e. The number of nitrogens with zero attached hydrogens (tertiary/aromatic N) is 1. The molecule has 1 atom stereocenters. The molecule has 0 amide bonds. The number of ether oxygens (including phenoxy) is 1. The number of anilines is 1. The second-order valence-corrected chi connectivity index (χ2v) is 4.52. The molecule has 0 fully saturated rings. The lowest BCUT2D eigenvalue weighted by Crippen LogP contribution is -2.29. The van der Waals surface area contributed by atoms with Gasteiger partial charge in [0.25, 0.3) is 0 Å². The van der Waals surface area contributed by atoms with Gasteiger partial charge in [-0.3, -0.25) is 10.1 Å². The van der Waals surface area contributed by atoms with Gasteiger partial charge in [0.1, 0.15) is 11.7 Å². The summed E-state index contributed by atoms with van der Waals surface area (Å²) < 4.78 is 5.23. The zero-order valence-electron chi connectivity index (χ0n) is 12.2. The van der Waals surface area contributed by atoms with Crippen LogP contribution in [0.2, 0.25) is 0 Å². The zero-order chi connectivity index (χ0) is 15.8. The monoisotopic (exact) mass is 296 g/mol. The number of carbonyl (C=O) groups is 1. The predicted molar refractivity (Wildman–Crippen MR) is 78.8 cm³/mol. The van der Waals surface area contributed by atoms with Crippen LogP contribution in [0.4, 0.5) is 11.4 Å². The number of nitro benzene ring substituents is 1. The number of nitro groups is 1. The van der Waals surface area contributed by atoms with Crippen molar-refractivity contribution in [2.75, 3.05) is 11.9 Å². The number of rotatable bonds is 9. The van der Waals surface area contributed by atoms with Crippen LogP contribution in [0.15, 0.2) is 18.2 Å². The number of benzene rings is 1. The molecule has 0 saturated heterocycles. The van der Waals surface area contributed by atoms with Crippen molar-refractivity contribution in [3.63, 3.8) is 0 Å². The van der Waals surface area contributed by atoms with E-state index in [1.807, 2.05) is 6.92 Å². The van der Waals surface area contributed by atoms with Gasteiger partial charge in [-0.25, -0.2) is 4.79 Å². The zero-order valence-corrected chi connectivity index (χ0v) is 12.2. The van der Waals surface area contributed by atoms with Crippen LogP contribution in [-0.2, 0) is 4.79 Å². The Morgan fingerprint density at radius 2 is 2.19 bits per heavy atom. The van der Waals surface area contributed by atoms with Crippen LogP contribution in [0.3, 0.4) is 0 Å². The van der Waals surface area contributed by atoms with Gasteiger partial charge in [0.05, 0.1) is 11.5 Å². The van der Waals surface area contributed by atoms with E-state index in [0.717, 1.165) is 12.8 Å². The highest BCUT2D eigenvalue weighted by atomic mass is 16.6. The molecule has 21 heavy (non-hydrogen) atoms. The maximum atomic E-state index is 11.2. The summed E-state index contributed by atoms with van der Waals surface area (Å²) in [5.41, 5.74) is -0.0726. The van der Waals surface area contributed by atoms with E-state index in [4.69, 9.17) is 4.74 Å². The molecule has 1 rings (SSSR count). The summed E-state index contributed by atoms with van der Waals surface area (Å²) in [4.78, 5) is 21.9. The summed E-state index contributed by atoms with van der Waals surface area (Å²) in [6.07, 6.45) is 1.98. The minimum atomic E-state index is -1.03. The van der Waals surface area contributed by atoms with Crippen molar-refractivity contribution >= 4 is 17.3 Å². The molecule has 0 aliphatic carbocycles. The minimum absolute atomic E-state index is 0.132. The molecule has 116 valence electrons. The molecular weight excluding hydrogens is 276 g/mol. The van der Waals surface area contributed by atoms with E-state index < -0.39 is 16.9 Å². The molecule has 1 aromatic rings. The second kappa shape index (κ2) is 8.08. The Hall–Kier alpha value is -2.31. The molecule has 1 unspecified atom stereocenters. The highest BCUT2D eigenvalue weighted by Crippen LogP contribution is 2.35. The van der Waals surface area contributed by atoms with Gasteiger partial charge in [-0.2, -0.15) is 0 Å².